The number of aryl methyl sites for hydroxylation is 1. The van der Waals surface area contributed by atoms with Crippen molar-refractivity contribution in [3.8, 4) is 11.4 Å². The van der Waals surface area contributed by atoms with Crippen molar-refractivity contribution in [2.45, 2.75) is 32.7 Å². The summed E-state index contributed by atoms with van der Waals surface area (Å²) in [5.74, 6) is 0.800. The molecule has 4 heterocycles. The molecule has 0 aromatic carbocycles. The van der Waals surface area contributed by atoms with Crippen molar-refractivity contribution >= 4 is 22.5 Å². The van der Waals surface area contributed by atoms with Crippen LogP contribution in [0.5, 0.6) is 0 Å². The van der Waals surface area contributed by atoms with Gasteiger partial charge in [-0.05, 0) is 44.9 Å². The Morgan fingerprint density at radius 3 is 2.88 bits per heavy atom. The normalized spacial score (nSPS) is 15.3. The lowest BCUT2D eigenvalue weighted by Crippen LogP contribution is -2.28. The molecule has 26 heavy (non-hydrogen) atoms. The molecule has 0 spiro atoms. The van der Waals surface area contributed by atoms with Crippen LogP contribution in [-0.4, -0.2) is 45.2 Å². The van der Waals surface area contributed by atoms with Gasteiger partial charge in [0.1, 0.15) is 11.5 Å². The fraction of sp³-hybridized carbons (Fsp3) is 0.368. The van der Waals surface area contributed by atoms with Crippen LogP contribution in [0.1, 0.15) is 35.8 Å². The summed E-state index contributed by atoms with van der Waals surface area (Å²) in [6, 6.07) is 5.77. The lowest BCUT2D eigenvalue weighted by atomic mass is 10.1. The van der Waals surface area contributed by atoms with Crippen molar-refractivity contribution < 1.29 is 9.53 Å². The van der Waals surface area contributed by atoms with Crippen molar-refractivity contribution in [1.29, 1.82) is 0 Å². The highest BCUT2D eigenvalue weighted by molar-refractivity contribution is 6.01. The first-order valence-electron chi connectivity index (χ1n) is 8.79. The van der Waals surface area contributed by atoms with E-state index < -0.39 is 0 Å². The van der Waals surface area contributed by atoms with Crippen LogP contribution in [0.4, 0.5) is 5.82 Å². The number of nitrogens with zero attached hydrogens (tertiary/aromatic N) is 3. The zero-order valence-corrected chi connectivity index (χ0v) is 14.9. The summed E-state index contributed by atoms with van der Waals surface area (Å²) in [5, 5.41) is 12.0. The van der Waals surface area contributed by atoms with E-state index >= 15 is 0 Å². The van der Waals surface area contributed by atoms with E-state index in [4.69, 9.17) is 9.72 Å². The number of ether oxygens (including phenoxy) is 1. The van der Waals surface area contributed by atoms with Gasteiger partial charge in [-0.3, -0.25) is 14.9 Å². The Labute approximate surface area is 151 Å². The Morgan fingerprint density at radius 2 is 2.12 bits per heavy atom. The van der Waals surface area contributed by atoms with E-state index in [1.807, 2.05) is 13.0 Å². The number of rotatable bonds is 4. The fourth-order valence-electron chi connectivity index (χ4n) is 3.28. The molecule has 0 saturated carbocycles. The molecular weight excluding hydrogens is 330 g/mol. The van der Waals surface area contributed by atoms with Gasteiger partial charge in [-0.2, -0.15) is 5.10 Å². The number of H-pyrrole nitrogens is 1. The molecule has 0 bridgehead atoms. The van der Waals surface area contributed by atoms with Crippen LogP contribution in [0.25, 0.3) is 22.3 Å². The Morgan fingerprint density at radius 1 is 1.31 bits per heavy atom. The zero-order chi connectivity index (χ0) is 18.1. The third-order valence-electron chi connectivity index (χ3n) is 4.64. The predicted octanol–water partition coefficient (Wildman–Crippen LogP) is 3.12. The van der Waals surface area contributed by atoms with E-state index in [1.165, 1.54) is 0 Å². The summed E-state index contributed by atoms with van der Waals surface area (Å²) in [7, 11) is 0. The minimum Gasteiger partial charge on any atom is -0.381 e. The fourth-order valence-corrected chi connectivity index (χ4v) is 3.28. The van der Waals surface area contributed by atoms with E-state index in [0.29, 0.717) is 23.0 Å². The lowest BCUT2D eigenvalue weighted by Gasteiger charge is -2.24. The molecule has 7 nitrogen and oxygen atoms in total. The number of aromatic amines is 1. The van der Waals surface area contributed by atoms with Crippen LogP contribution in [0.15, 0.2) is 24.4 Å². The molecule has 1 aliphatic rings. The summed E-state index contributed by atoms with van der Waals surface area (Å²) in [6.07, 6.45) is 3.53. The maximum Gasteiger partial charge on any atom is 0.159 e. The molecule has 0 radical (unpaired) electrons. The molecule has 3 aromatic rings. The van der Waals surface area contributed by atoms with Crippen LogP contribution in [0.2, 0.25) is 0 Å². The summed E-state index contributed by atoms with van der Waals surface area (Å²) in [6.45, 7) is 5.02. The molecule has 4 rings (SSSR count). The van der Waals surface area contributed by atoms with E-state index in [2.05, 4.69) is 20.5 Å². The van der Waals surface area contributed by atoms with Gasteiger partial charge in [0.15, 0.2) is 5.78 Å². The van der Waals surface area contributed by atoms with Gasteiger partial charge in [-0.1, -0.05) is 0 Å². The largest absolute Gasteiger partial charge is 0.381 e. The highest BCUT2D eigenvalue weighted by Crippen LogP contribution is 2.32. The Bertz CT molecular complexity index is 960. The van der Waals surface area contributed by atoms with Gasteiger partial charge in [0.05, 0.1) is 16.6 Å². The monoisotopic (exact) mass is 351 g/mol. The molecule has 0 amide bonds. The summed E-state index contributed by atoms with van der Waals surface area (Å²) < 4.78 is 5.44. The van der Waals surface area contributed by atoms with Crippen molar-refractivity contribution in [2.75, 3.05) is 18.5 Å². The topological polar surface area (TPSA) is 92.8 Å². The number of hydrogen-bond donors (Lipinski definition) is 2. The smallest absolute Gasteiger partial charge is 0.159 e. The van der Waals surface area contributed by atoms with Crippen molar-refractivity contribution in [2.24, 2.45) is 0 Å². The first kappa shape index (κ1) is 16.7. The lowest BCUT2D eigenvalue weighted by molar-refractivity contribution is 0.0904. The molecule has 0 atom stereocenters. The third-order valence-corrected chi connectivity index (χ3v) is 4.64. The zero-order valence-electron chi connectivity index (χ0n) is 14.9. The molecule has 0 aliphatic carbocycles. The molecule has 134 valence electrons. The standard InChI is InChI=1S/C19H21N5O2/c1-11-9-15-17(19(21-11)22-14-4-7-26-8-5-14)18(24-23-15)16-10-13(12(2)25)3-6-20-16/h3,6,9-10,14H,4-5,7-8H2,1-2H3,(H,21,22)(H,23,24). The van der Waals surface area contributed by atoms with Crippen LogP contribution in [-0.2, 0) is 4.74 Å². The van der Waals surface area contributed by atoms with Gasteiger partial charge in [0.2, 0.25) is 0 Å². The number of carbonyl (C=O) groups excluding carboxylic acids is 1. The highest BCUT2D eigenvalue weighted by Gasteiger charge is 2.20. The second-order valence-electron chi connectivity index (χ2n) is 6.62. The molecule has 1 aliphatic heterocycles. The number of hydrogen-bond acceptors (Lipinski definition) is 6. The molecule has 7 heteroatoms. The number of pyridine rings is 2. The first-order chi connectivity index (χ1) is 12.6. The molecular formula is C19H21N5O2. The third kappa shape index (κ3) is 3.17. The molecule has 2 N–H and O–H groups in total. The van der Waals surface area contributed by atoms with Crippen LogP contribution >= 0.6 is 0 Å². The van der Waals surface area contributed by atoms with Crippen LogP contribution in [0, 0.1) is 6.92 Å². The van der Waals surface area contributed by atoms with Crippen molar-refractivity contribution in [1.82, 2.24) is 20.2 Å². The number of aromatic nitrogens is 4. The van der Waals surface area contributed by atoms with Gasteiger partial charge in [-0.25, -0.2) is 4.98 Å². The maximum absolute atomic E-state index is 11.7. The Balaban J connectivity index is 1.81. The number of anilines is 1. The summed E-state index contributed by atoms with van der Waals surface area (Å²) in [5.41, 5.74) is 3.78. The Hall–Kier alpha value is -2.80. The summed E-state index contributed by atoms with van der Waals surface area (Å²) in [4.78, 5) is 20.8. The predicted molar refractivity (Wildman–Crippen MR) is 99.3 cm³/mol. The number of Topliss-reactive ketones (excluding diaryl/α,β-unsaturated/α-hetero) is 1. The molecule has 0 unspecified atom stereocenters. The minimum absolute atomic E-state index is 0.00279. The molecule has 1 fully saturated rings. The number of carbonyl (C=O) groups is 1. The average Bonchev–Trinajstić information content (AvgIpc) is 3.06. The van der Waals surface area contributed by atoms with E-state index in [9.17, 15) is 4.79 Å². The molecule has 1 saturated heterocycles. The minimum atomic E-state index is 0.00279. The maximum atomic E-state index is 11.7. The number of fused-ring (bicyclic) bond motifs is 1. The molecule has 3 aromatic heterocycles. The number of ketones is 1. The van der Waals surface area contributed by atoms with E-state index in [1.54, 1.807) is 25.3 Å². The second kappa shape index (κ2) is 6.84. The van der Waals surface area contributed by atoms with Crippen molar-refractivity contribution in [3.05, 3.63) is 35.7 Å². The second-order valence-corrected chi connectivity index (χ2v) is 6.62. The SMILES string of the molecule is CC(=O)c1ccnc(-c2n[nH]c3cc(C)nc(NC4CCOCC4)c23)c1. The van der Waals surface area contributed by atoms with Gasteiger partial charge in [0.25, 0.3) is 0 Å². The van der Waals surface area contributed by atoms with Crippen molar-refractivity contribution in [3.63, 3.8) is 0 Å². The van der Waals surface area contributed by atoms with Gasteiger partial charge in [-0.15, -0.1) is 0 Å². The Kier molecular flexibility index (Phi) is 4.38. The average molecular weight is 351 g/mol. The van der Waals surface area contributed by atoms with E-state index in [0.717, 1.165) is 48.5 Å². The highest BCUT2D eigenvalue weighted by atomic mass is 16.5. The van der Waals surface area contributed by atoms with Crippen LogP contribution < -0.4 is 5.32 Å². The summed E-state index contributed by atoms with van der Waals surface area (Å²) >= 11 is 0. The number of nitrogens with one attached hydrogen (secondary N) is 2. The van der Waals surface area contributed by atoms with Crippen LogP contribution in [0.3, 0.4) is 0 Å². The quantitative estimate of drug-likeness (QED) is 0.702. The van der Waals surface area contributed by atoms with Gasteiger partial charge in [0, 0.05) is 36.7 Å². The first-order valence-corrected chi connectivity index (χ1v) is 8.79. The van der Waals surface area contributed by atoms with Gasteiger partial charge < -0.3 is 10.1 Å². The van der Waals surface area contributed by atoms with E-state index in [-0.39, 0.29) is 5.78 Å². The van der Waals surface area contributed by atoms with Gasteiger partial charge >= 0.3 is 0 Å².